The van der Waals surface area contributed by atoms with E-state index in [-0.39, 0.29) is 0 Å². The van der Waals surface area contributed by atoms with E-state index >= 15 is 0 Å². The van der Waals surface area contributed by atoms with Crippen LogP contribution in [0.2, 0.25) is 0 Å². The Kier molecular flexibility index (Phi) is 11.5. The third-order valence-corrected chi connectivity index (χ3v) is 16.9. The van der Waals surface area contributed by atoms with E-state index in [2.05, 4.69) is 336 Å². The molecular formula is C80H53N3. The molecular weight excluding hydrogens is 1000 g/mol. The largest absolute Gasteiger partial charge is 0.311 e. The third-order valence-electron chi connectivity index (χ3n) is 16.9. The minimum Gasteiger partial charge on any atom is -0.311 e. The summed E-state index contributed by atoms with van der Waals surface area (Å²) >= 11 is 0. The molecule has 3 nitrogen and oxygen atoms in total. The Hall–Kier alpha value is -11.0. The average molecular weight is 1060 g/mol. The van der Waals surface area contributed by atoms with Crippen molar-refractivity contribution in [1.82, 2.24) is 9.13 Å². The summed E-state index contributed by atoms with van der Waals surface area (Å²) in [4.78, 5) is 2.36. The molecule has 16 aromatic rings. The lowest BCUT2D eigenvalue weighted by atomic mass is 9.92. The zero-order chi connectivity index (χ0) is 54.8. The van der Waals surface area contributed by atoms with E-state index in [1.165, 1.54) is 87.4 Å². The Morgan fingerprint density at radius 2 is 0.494 bits per heavy atom. The van der Waals surface area contributed by atoms with Crippen molar-refractivity contribution in [3.05, 3.63) is 322 Å². The minimum absolute atomic E-state index is 1.08. The molecule has 0 unspecified atom stereocenters. The summed E-state index contributed by atoms with van der Waals surface area (Å²) in [6.07, 6.45) is 0. The first-order valence-corrected chi connectivity index (χ1v) is 28.5. The smallest absolute Gasteiger partial charge is 0.0541 e. The summed E-state index contributed by atoms with van der Waals surface area (Å²) in [5.41, 5.74) is 22.0. The maximum atomic E-state index is 2.42. The van der Waals surface area contributed by atoms with Crippen LogP contribution >= 0.6 is 0 Å². The molecule has 0 aliphatic carbocycles. The second kappa shape index (κ2) is 20.0. The molecule has 0 amide bonds. The zero-order valence-corrected chi connectivity index (χ0v) is 45.4. The standard InChI is InChI=1S/C80H53N3/c1-3-15-54(16-4-1)58-27-37-68(38-28-58)81(69-39-29-59(30-40-69)55-17-5-2-6-18-55)70-41-31-60(32-42-70)65-47-66(63-35-45-79-75(52-63)73-23-11-13-25-77(73)82(79)71-43-33-56-19-7-9-21-61(56)50-71)49-67(48-65)64-36-46-80-76(53-64)74-24-12-14-26-78(74)83(80)72-44-34-57-20-8-10-22-62(57)51-72/h1-53H. The van der Waals surface area contributed by atoms with Crippen molar-refractivity contribution < 1.29 is 0 Å². The molecule has 14 aromatic carbocycles. The second-order valence-corrected chi connectivity index (χ2v) is 21.7. The van der Waals surface area contributed by atoms with Crippen molar-refractivity contribution in [2.24, 2.45) is 0 Å². The van der Waals surface area contributed by atoms with Gasteiger partial charge in [-0.2, -0.15) is 0 Å². The molecule has 0 radical (unpaired) electrons. The molecule has 0 aliphatic rings. The lowest BCUT2D eigenvalue weighted by molar-refractivity contribution is 1.19. The van der Waals surface area contributed by atoms with Gasteiger partial charge in [0.25, 0.3) is 0 Å². The topological polar surface area (TPSA) is 13.1 Å². The highest BCUT2D eigenvalue weighted by Gasteiger charge is 2.19. The molecule has 0 fully saturated rings. The Labute approximate surface area is 482 Å². The van der Waals surface area contributed by atoms with Crippen molar-refractivity contribution in [2.45, 2.75) is 0 Å². The molecule has 0 spiro atoms. The predicted octanol–water partition coefficient (Wildman–Crippen LogP) is 22.0. The van der Waals surface area contributed by atoms with Gasteiger partial charge in [0.2, 0.25) is 0 Å². The summed E-state index contributed by atoms with van der Waals surface area (Å²) < 4.78 is 4.85. The molecule has 83 heavy (non-hydrogen) atoms. The van der Waals surface area contributed by atoms with Gasteiger partial charge in [0.05, 0.1) is 22.1 Å². The molecule has 16 rings (SSSR count). The number of hydrogen-bond donors (Lipinski definition) is 0. The number of benzene rings is 14. The Morgan fingerprint density at radius 3 is 0.916 bits per heavy atom. The van der Waals surface area contributed by atoms with Crippen LogP contribution in [0.3, 0.4) is 0 Å². The summed E-state index contributed by atoms with van der Waals surface area (Å²) in [6.45, 7) is 0. The van der Waals surface area contributed by atoms with E-state index in [0.717, 1.165) is 61.8 Å². The van der Waals surface area contributed by atoms with E-state index in [9.17, 15) is 0 Å². The molecule has 3 heteroatoms. The van der Waals surface area contributed by atoms with E-state index < -0.39 is 0 Å². The van der Waals surface area contributed by atoms with E-state index in [0.29, 0.717) is 0 Å². The van der Waals surface area contributed by atoms with Crippen LogP contribution in [-0.4, -0.2) is 9.13 Å². The second-order valence-electron chi connectivity index (χ2n) is 21.7. The first-order chi connectivity index (χ1) is 41.1. The van der Waals surface area contributed by atoms with Gasteiger partial charge in [0.15, 0.2) is 0 Å². The molecule has 0 atom stereocenters. The van der Waals surface area contributed by atoms with Crippen molar-refractivity contribution in [1.29, 1.82) is 0 Å². The van der Waals surface area contributed by atoms with Crippen LogP contribution in [0.4, 0.5) is 17.1 Å². The van der Waals surface area contributed by atoms with Gasteiger partial charge in [-0.05, 0) is 192 Å². The molecule has 2 heterocycles. The van der Waals surface area contributed by atoms with Gasteiger partial charge in [-0.1, -0.05) is 206 Å². The normalized spacial score (nSPS) is 11.6. The van der Waals surface area contributed by atoms with Crippen molar-refractivity contribution in [3.8, 4) is 67.0 Å². The average Bonchev–Trinajstić information content (AvgIpc) is 3.81. The quantitative estimate of drug-likeness (QED) is 0.133. The van der Waals surface area contributed by atoms with Gasteiger partial charge in [-0.3, -0.25) is 0 Å². The summed E-state index contributed by atoms with van der Waals surface area (Å²) in [5, 5.41) is 9.82. The van der Waals surface area contributed by atoms with Crippen LogP contribution in [-0.2, 0) is 0 Å². The number of aromatic nitrogens is 2. The number of fused-ring (bicyclic) bond motifs is 8. The Bertz CT molecular complexity index is 4810. The molecule has 0 saturated carbocycles. The zero-order valence-electron chi connectivity index (χ0n) is 45.4. The molecule has 0 N–H and O–H groups in total. The van der Waals surface area contributed by atoms with Crippen LogP contribution in [0.1, 0.15) is 0 Å². The Morgan fingerprint density at radius 1 is 0.181 bits per heavy atom. The van der Waals surface area contributed by atoms with Crippen molar-refractivity contribution in [2.75, 3.05) is 4.90 Å². The van der Waals surface area contributed by atoms with E-state index in [1.54, 1.807) is 0 Å². The fourth-order valence-electron chi connectivity index (χ4n) is 12.7. The number of hydrogen-bond acceptors (Lipinski definition) is 1. The first-order valence-electron chi connectivity index (χ1n) is 28.5. The number of rotatable bonds is 10. The maximum absolute atomic E-state index is 2.42. The monoisotopic (exact) mass is 1060 g/mol. The van der Waals surface area contributed by atoms with Gasteiger partial charge < -0.3 is 14.0 Å². The van der Waals surface area contributed by atoms with Gasteiger partial charge in [-0.25, -0.2) is 0 Å². The van der Waals surface area contributed by atoms with Crippen molar-refractivity contribution >= 4 is 82.2 Å². The molecule has 0 saturated heterocycles. The lowest BCUT2D eigenvalue weighted by Crippen LogP contribution is -2.09. The first kappa shape index (κ1) is 48.0. The van der Waals surface area contributed by atoms with Crippen LogP contribution in [0.5, 0.6) is 0 Å². The van der Waals surface area contributed by atoms with E-state index in [1.807, 2.05) is 0 Å². The van der Waals surface area contributed by atoms with Gasteiger partial charge in [0, 0.05) is 50.0 Å². The van der Waals surface area contributed by atoms with Gasteiger partial charge >= 0.3 is 0 Å². The summed E-state index contributed by atoms with van der Waals surface area (Å²) in [5.74, 6) is 0. The fraction of sp³-hybridized carbons (Fsp3) is 0. The van der Waals surface area contributed by atoms with Gasteiger partial charge in [0.1, 0.15) is 0 Å². The maximum Gasteiger partial charge on any atom is 0.0541 e. The highest BCUT2D eigenvalue weighted by molar-refractivity contribution is 6.12. The highest BCUT2D eigenvalue weighted by Crippen LogP contribution is 2.43. The summed E-state index contributed by atoms with van der Waals surface area (Å²) in [7, 11) is 0. The molecule has 388 valence electrons. The molecule has 0 bridgehead atoms. The number of nitrogens with zero attached hydrogens (tertiary/aromatic N) is 3. The van der Waals surface area contributed by atoms with Crippen LogP contribution in [0, 0.1) is 0 Å². The third kappa shape index (κ3) is 8.54. The van der Waals surface area contributed by atoms with Crippen LogP contribution < -0.4 is 4.90 Å². The Balaban J connectivity index is 0.844. The molecule has 2 aromatic heterocycles. The van der Waals surface area contributed by atoms with Crippen LogP contribution in [0.15, 0.2) is 322 Å². The van der Waals surface area contributed by atoms with Crippen molar-refractivity contribution in [3.63, 3.8) is 0 Å². The highest BCUT2D eigenvalue weighted by atomic mass is 15.1. The number of para-hydroxylation sites is 2. The SMILES string of the molecule is c1ccc(-c2ccc(N(c3ccc(-c4ccccc4)cc3)c3ccc(-c4cc(-c5ccc6c(c5)c5ccccc5n6-c5ccc6ccccc6c5)cc(-c5ccc6c(c5)c5ccccc5n6-c5ccc6ccccc6c5)c4)cc3)cc2)cc1. The minimum atomic E-state index is 1.08. The van der Waals surface area contributed by atoms with Gasteiger partial charge in [-0.15, -0.1) is 0 Å². The predicted molar refractivity (Wildman–Crippen MR) is 352 cm³/mol. The van der Waals surface area contributed by atoms with Crippen LogP contribution in [0.25, 0.3) is 132 Å². The molecule has 0 aliphatic heterocycles. The fourth-order valence-corrected chi connectivity index (χ4v) is 12.7. The summed E-state index contributed by atoms with van der Waals surface area (Å²) in [6, 6.07) is 118. The van der Waals surface area contributed by atoms with E-state index in [4.69, 9.17) is 0 Å². The lowest BCUT2D eigenvalue weighted by Gasteiger charge is -2.26. The number of anilines is 3.